The Balaban J connectivity index is 1.69. The minimum Gasteiger partial charge on any atom is -0.322 e. The smallest absolute Gasteiger partial charge is 0.263 e. The molecule has 0 aliphatic heterocycles. The van der Waals surface area contributed by atoms with Crippen molar-refractivity contribution >= 4 is 43.1 Å². The number of amides is 1. The number of sulfonamides is 2. The molecule has 32 heavy (non-hydrogen) atoms. The first-order valence-electron chi connectivity index (χ1n) is 9.53. The largest absolute Gasteiger partial charge is 0.322 e. The Morgan fingerprint density at radius 1 is 0.938 bits per heavy atom. The zero-order chi connectivity index (χ0) is 23.4. The molecule has 1 amide bonds. The van der Waals surface area contributed by atoms with Crippen LogP contribution in [0, 0.1) is 0 Å². The molecule has 9 nitrogen and oxygen atoms in total. The zero-order valence-corrected chi connectivity index (χ0v) is 19.0. The van der Waals surface area contributed by atoms with E-state index >= 15 is 0 Å². The molecule has 0 saturated carbocycles. The quantitative estimate of drug-likeness (QED) is 0.517. The summed E-state index contributed by atoms with van der Waals surface area (Å²) in [7, 11) is -7.23. The van der Waals surface area contributed by atoms with Crippen LogP contribution < -0.4 is 14.3 Å². The van der Waals surface area contributed by atoms with E-state index in [1.165, 1.54) is 53.0 Å². The summed E-state index contributed by atoms with van der Waals surface area (Å²) >= 11 is 0. The van der Waals surface area contributed by atoms with Crippen molar-refractivity contribution in [3.05, 3.63) is 78.5 Å². The van der Waals surface area contributed by atoms with E-state index in [0.717, 1.165) is 6.26 Å². The van der Waals surface area contributed by atoms with Crippen molar-refractivity contribution in [2.45, 2.75) is 11.8 Å². The van der Waals surface area contributed by atoms with Crippen LogP contribution in [0.1, 0.15) is 17.3 Å². The average molecular weight is 475 g/mol. The van der Waals surface area contributed by atoms with E-state index in [1.54, 1.807) is 31.2 Å². The van der Waals surface area contributed by atoms with Crippen LogP contribution in [-0.4, -0.2) is 40.5 Å². The third-order valence-corrected chi connectivity index (χ3v) is 7.07. The highest BCUT2D eigenvalue weighted by Crippen LogP contribution is 2.20. The van der Waals surface area contributed by atoms with Crippen molar-refractivity contribution < 1.29 is 21.6 Å². The molecule has 2 aromatic carbocycles. The second-order valence-corrected chi connectivity index (χ2v) is 10.4. The van der Waals surface area contributed by atoms with Crippen LogP contribution in [0.15, 0.2) is 77.8 Å². The number of benzene rings is 2. The second-order valence-electron chi connectivity index (χ2n) is 6.77. The van der Waals surface area contributed by atoms with E-state index < -0.39 is 26.0 Å². The topological polar surface area (TPSA) is 126 Å². The van der Waals surface area contributed by atoms with Crippen LogP contribution in [0.5, 0.6) is 0 Å². The van der Waals surface area contributed by atoms with Gasteiger partial charge in [0.1, 0.15) is 5.82 Å². The van der Waals surface area contributed by atoms with Gasteiger partial charge in [-0.2, -0.15) is 0 Å². The average Bonchev–Trinajstić information content (AvgIpc) is 2.74. The standard InChI is InChI=1S/C21H22N4O5S2/c1-3-25(31(2,27)28)18-11-7-16(8-12-18)21(26)23-17-9-13-19(14-10-17)32(29,30)24-20-6-4-5-15-22-20/h4-15H,3H2,1-2H3,(H,22,24)(H,23,26). The van der Waals surface area contributed by atoms with Gasteiger partial charge < -0.3 is 5.32 Å². The summed E-state index contributed by atoms with van der Waals surface area (Å²) in [5, 5.41) is 2.68. The number of hydrogen-bond donors (Lipinski definition) is 2. The molecular weight excluding hydrogens is 452 g/mol. The lowest BCUT2D eigenvalue weighted by Crippen LogP contribution is -2.29. The molecule has 0 bridgehead atoms. The van der Waals surface area contributed by atoms with Gasteiger partial charge in [0.15, 0.2) is 0 Å². The number of carbonyl (C=O) groups excluding carboxylic acids is 1. The highest BCUT2D eigenvalue weighted by atomic mass is 32.2. The van der Waals surface area contributed by atoms with Crippen LogP contribution in [0.25, 0.3) is 0 Å². The van der Waals surface area contributed by atoms with E-state index in [-0.39, 0.29) is 17.3 Å². The summed E-state index contributed by atoms with van der Waals surface area (Å²) in [5.41, 5.74) is 1.19. The van der Waals surface area contributed by atoms with E-state index in [2.05, 4.69) is 15.0 Å². The maximum Gasteiger partial charge on any atom is 0.263 e. The Morgan fingerprint density at radius 3 is 2.12 bits per heavy atom. The first-order chi connectivity index (χ1) is 15.1. The Kier molecular flexibility index (Phi) is 6.80. The molecular formula is C21H22N4O5S2. The fourth-order valence-electron chi connectivity index (χ4n) is 2.93. The maximum atomic E-state index is 12.5. The molecule has 2 N–H and O–H groups in total. The lowest BCUT2D eigenvalue weighted by atomic mass is 10.2. The molecule has 0 saturated heterocycles. The van der Waals surface area contributed by atoms with Gasteiger partial charge in [-0.25, -0.2) is 21.8 Å². The summed E-state index contributed by atoms with van der Waals surface area (Å²) in [6.07, 6.45) is 2.59. The Hall–Kier alpha value is -3.44. The predicted octanol–water partition coefficient (Wildman–Crippen LogP) is 2.92. The van der Waals surface area contributed by atoms with Gasteiger partial charge in [-0.15, -0.1) is 0 Å². The van der Waals surface area contributed by atoms with Crippen molar-refractivity contribution in [1.29, 1.82) is 0 Å². The maximum absolute atomic E-state index is 12.5. The molecule has 0 radical (unpaired) electrons. The van der Waals surface area contributed by atoms with Gasteiger partial charge >= 0.3 is 0 Å². The van der Waals surface area contributed by atoms with Gasteiger partial charge in [0, 0.05) is 24.0 Å². The highest BCUT2D eigenvalue weighted by molar-refractivity contribution is 7.92. The van der Waals surface area contributed by atoms with Crippen LogP contribution in [-0.2, 0) is 20.0 Å². The summed E-state index contributed by atoms with van der Waals surface area (Å²) < 4.78 is 52.2. The van der Waals surface area contributed by atoms with Gasteiger partial charge in [-0.3, -0.25) is 13.8 Å². The minimum absolute atomic E-state index is 0.0194. The fraction of sp³-hybridized carbons (Fsp3) is 0.143. The SMILES string of the molecule is CCN(c1ccc(C(=O)Nc2ccc(S(=O)(=O)Nc3ccccn3)cc2)cc1)S(C)(=O)=O. The lowest BCUT2D eigenvalue weighted by molar-refractivity contribution is 0.102. The summed E-state index contributed by atoms with van der Waals surface area (Å²) in [6.45, 7) is 1.99. The highest BCUT2D eigenvalue weighted by Gasteiger charge is 2.17. The molecule has 0 atom stereocenters. The van der Waals surface area contributed by atoms with Crippen molar-refractivity contribution in [2.24, 2.45) is 0 Å². The number of aromatic nitrogens is 1. The lowest BCUT2D eigenvalue weighted by Gasteiger charge is -2.20. The zero-order valence-electron chi connectivity index (χ0n) is 17.4. The van der Waals surface area contributed by atoms with E-state index in [4.69, 9.17) is 0 Å². The van der Waals surface area contributed by atoms with Crippen LogP contribution in [0.2, 0.25) is 0 Å². The van der Waals surface area contributed by atoms with Crippen LogP contribution in [0.3, 0.4) is 0 Å². The normalized spacial score (nSPS) is 11.6. The van der Waals surface area contributed by atoms with Crippen molar-refractivity contribution in [1.82, 2.24) is 4.98 Å². The molecule has 0 spiro atoms. The summed E-state index contributed by atoms with van der Waals surface area (Å²) in [5.74, 6) is -0.216. The van der Waals surface area contributed by atoms with Gasteiger partial charge in [-0.1, -0.05) is 6.07 Å². The van der Waals surface area contributed by atoms with Crippen LogP contribution >= 0.6 is 0 Å². The fourth-order valence-corrected chi connectivity index (χ4v) is 4.91. The molecule has 11 heteroatoms. The molecule has 1 heterocycles. The van der Waals surface area contributed by atoms with Gasteiger partial charge in [0.2, 0.25) is 10.0 Å². The van der Waals surface area contributed by atoms with Crippen molar-refractivity contribution in [3.63, 3.8) is 0 Å². The number of nitrogens with zero attached hydrogens (tertiary/aromatic N) is 2. The molecule has 0 aliphatic carbocycles. The third-order valence-electron chi connectivity index (χ3n) is 4.43. The van der Waals surface area contributed by atoms with Crippen molar-refractivity contribution in [3.8, 4) is 0 Å². The Labute approximate surface area is 187 Å². The minimum atomic E-state index is -3.82. The van der Waals surface area contributed by atoms with E-state index in [0.29, 0.717) is 16.9 Å². The Morgan fingerprint density at radius 2 is 1.59 bits per heavy atom. The molecule has 1 aromatic heterocycles. The number of carbonyl (C=O) groups is 1. The van der Waals surface area contributed by atoms with Gasteiger partial charge in [0.25, 0.3) is 15.9 Å². The molecule has 0 aliphatic rings. The summed E-state index contributed by atoms with van der Waals surface area (Å²) in [6, 6.07) is 16.7. The van der Waals surface area contributed by atoms with Crippen molar-refractivity contribution in [2.75, 3.05) is 27.1 Å². The number of rotatable bonds is 8. The van der Waals surface area contributed by atoms with Gasteiger partial charge in [0.05, 0.1) is 16.8 Å². The first-order valence-corrected chi connectivity index (χ1v) is 12.9. The second kappa shape index (κ2) is 9.37. The molecule has 168 valence electrons. The number of hydrogen-bond acceptors (Lipinski definition) is 6. The number of nitrogens with one attached hydrogen (secondary N) is 2. The first kappa shape index (κ1) is 23.2. The number of pyridine rings is 1. The van der Waals surface area contributed by atoms with E-state index in [9.17, 15) is 21.6 Å². The summed E-state index contributed by atoms with van der Waals surface area (Å²) in [4.78, 5) is 16.5. The molecule has 0 unspecified atom stereocenters. The monoisotopic (exact) mass is 474 g/mol. The van der Waals surface area contributed by atoms with Crippen LogP contribution in [0.4, 0.5) is 17.2 Å². The number of anilines is 3. The molecule has 0 fully saturated rings. The Bertz CT molecular complexity index is 1290. The predicted molar refractivity (Wildman–Crippen MR) is 124 cm³/mol. The molecule has 3 aromatic rings. The van der Waals surface area contributed by atoms with Gasteiger partial charge in [-0.05, 0) is 67.6 Å². The van der Waals surface area contributed by atoms with E-state index in [1.807, 2.05) is 0 Å². The third kappa shape index (κ3) is 5.62. The molecule has 3 rings (SSSR count).